The second kappa shape index (κ2) is 7.02. The van der Waals surface area contributed by atoms with Gasteiger partial charge in [-0.2, -0.15) is 0 Å². The Morgan fingerprint density at radius 1 is 1.37 bits per heavy atom. The molecule has 0 saturated heterocycles. The van der Waals surface area contributed by atoms with Crippen LogP contribution >= 0.6 is 0 Å². The predicted molar refractivity (Wildman–Crippen MR) is 81.4 cm³/mol. The van der Waals surface area contributed by atoms with Gasteiger partial charge in [0.05, 0.1) is 11.4 Å². The van der Waals surface area contributed by atoms with Gasteiger partial charge in [-0.3, -0.25) is 4.79 Å². The molecule has 0 fully saturated rings. The standard InChI is InChI=1S/C15H25N3O/c1-5-10(2)8-11(3)18-14-9-12(15(19)17-4)6-7-13(14)16/h6-7,9-11,18H,5,8,16H2,1-4H3,(H,17,19). The second-order valence-corrected chi connectivity index (χ2v) is 5.18. The lowest BCUT2D eigenvalue weighted by Gasteiger charge is -2.20. The summed E-state index contributed by atoms with van der Waals surface area (Å²) in [5.74, 6) is 0.573. The van der Waals surface area contributed by atoms with Crippen molar-refractivity contribution < 1.29 is 4.79 Å². The Hall–Kier alpha value is -1.71. The molecule has 4 N–H and O–H groups in total. The number of anilines is 2. The van der Waals surface area contributed by atoms with E-state index in [0.29, 0.717) is 23.2 Å². The van der Waals surface area contributed by atoms with Crippen molar-refractivity contribution in [3.63, 3.8) is 0 Å². The fourth-order valence-corrected chi connectivity index (χ4v) is 2.06. The Bertz CT molecular complexity index is 431. The molecule has 1 amide bonds. The summed E-state index contributed by atoms with van der Waals surface area (Å²) in [7, 11) is 1.62. The van der Waals surface area contributed by atoms with Crippen LogP contribution in [0.4, 0.5) is 11.4 Å². The molecule has 0 aliphatic heterocycles. The van der Waals surface area contributed by atoms with Crippen molar-refractivity contribution in [2.75, 3.05) is 18.1 Å². The molecule has 1 aromatic rings. The molecule has 106 valence electrons. The summed E-state index contributed by atoms with van der Waals surface area (Å²) in [6.07, 6.45) is 2.25. The van der Waals surface area contributed by atoms with Crippen molar-refractivity contribution >= 4 is 17.3 Å². The summed E-state index contributed by atoms with van der Waals surface area (Å²) in [4.78, 5) is 11.6. The molecule has 1 rings (SSSR count). The Labute approximate surface area is 115 Å². The second-order valence-electron chi connectivity index (χ2n) is 5.18. The maximum absolute atomic E-state index is 11.6. The summed E-state index contributed by atoms with van der Waals surface area (Å²) in [6, 6.07) is 5.64. The first-order valence-corrected chi connectivity index (χ1v) is 6.86. The van der Waals surface area contributed by atoms with Crippen LogP contribution in [0.3, 0.4) is 0 Å². The number of nitrogen functional groups attached to an aromatic ring is 1. The molecule has 0 radical (unpaired) electrons. The molecule has 2 atom stereocenters. The molecule has 19 heavy (non-hydrogen) atoms. The highest BCUT2D eigenvalue weighted by atomic mass is 16.1. The average Bonchev–Trinajstić information content (AvgIpc) is 2.40. The van der Waals surface area contributed by atoms with E-state index in [1.54, 1.807) is 25.2 Å². The van der Waals surface area contributed by atoms with E-state index >= 15 is 0 Å². The molecule has 0 aliphatic carbocycles. The highest BCUT2D eigenvalue weighted by molar-refractivity contribution is 5.96. The number of benzene rings is 1. The zero-order valence-corrected chi connectivity index (χ0v) is 12.3. The van der Waals surface area contributed by atoms with Gasteiger partial charge in [0.1, 0.15) is 0 Å². The summed E-state index contributed by atoms with van der Waals surface area (Å²) in [5.41, 5.74) is 8.07. The first kappa shape index (κ1) is 15.3. The normalized spacial score (nSPS) is 13.7. The van der Waals surface area contributed by atoms with Gasteiger partial charge in [-0.25, -0.2) is 0 Å². The Balaban J connectivity index is 2.79. The van der Waals surface area contributed by atoms with Crippen LogP contribution in [0.5, 0.6) is 0 Å². The minimum absolute atomic E-state index is 0.0994. The number of carbonyl (C=O) groups excluding carboxylic acids is 1. The molecular weight excluding hydrogens is 238 g/mol. The zero-order chi connectivity index (χ0) is 14.4. The number of rotatable bonds is 6. The summed E-state index contributed by atoms with van der Waals surface area (Å²) >= 11 is 0. The molecule has 0 aliphatic rings. The molecule has 0 heterocycles. The van der Waals surface area contributed by atoms with Crippen molar-refractivity contribution in [2.45, 2.75) is 39.7 Å². The van der Waals surface area contributed by atoms with Crippen molar-refractivity contribution in [2.24, 2.45) is 5.92 Å². The van der Waals surface area contributed by atoms with E-state index in [1.807, 2.05) is 0 Å². The van der Waals surface area contributed by atoms with Crippen LogP contribution < -0.4 is 16.4 Å². The van der Waals surface area contributed by atoms with Gasteiger partial charge in [0.15, 0.2) is 0 Å². The highest BCUT2D eigenvalue weighted by Gasteiger charge is 2.11. The fraction of sp³-hybridized carbons (Fsp3) is 0.533. The van der Waals surface area contributed by atoms with Crippen molar-refractivity contribution in [1.82, 2.24) is 5.32 Å². The highest BCUT2D eigenvalue weighted by Crippen LogP contribution is 2.22. The quantitative estimate of drug-likeness (QED) is 0.691. The van der Waals surface area contributed by atoms with E-state index in [2.05, 4.69) is 31.4 Å². The van der Waals surface area contributed by atoms with Crippen LogP contribution in [0.2, 0.25) is 0 Å². The average molecular weight is 263 g/mol. The van der Waals surface area contributed by atoms with Gasteiger partial charge in [-0.05, 0) is 37.5 Å². The molecule has 4 heteroatoms. The van der Waals surface area contributed by atoms with Gasteiger partial charge in [-0.1, -0.05) is 20.3 Å². The molecule has 4 nitrogen and oxygen atoms in total. The van der Waals surface area contributed by atoms with Gasteiger partial charge >= 0.3 is 0 Å². The third-order valence-electron chi connectivity index (χ3n) is 3.40. The minimum Gasteiger partial charge on any atom is -0.397 e. The monoisotopic (exact) mass is 263 g/mol. The third-order valence-corrected chi connectivity index (χ3v) is 3.40. The Morgan fingerprint density at radius 2 is 2.05 bits per heavy atom. The number of hydrogen-bond acceptors (Lipinski definition) is 3. The van der Waals surface area contributed by atoms with Crippen LogP contribution in [0, 0.1) is 5.92 Å². The van der Waals surface area contributed by atoms with E-state index in [0.717, 1.165) is 12.1 Å². The van der Waals surface area contributed by atoms with Gasteiger partial charge in [0.2, 0.25) is 0 Å². The van der Waals surface area contributed by atoms with Gasteiger partial charge in [0.25, 0.3) is 5.91 Å². The molecule has 0 saturated carbocycles. The van der Waals surface area contributed by atoms with Gasteiger partial charge < -0.3 is 16.4 Å². The van der Waals surface area contributed by atoms with Crippen LogP contribution in [-0.2, 0) is 0 Å². The van der Waals surface area contributed by atoms with Gasteiger partial charge in [0, 0.05) is 18.7 Å². The number of amides is 1. The SMILES string of the molecule is CCC(C)CC(C)Nc1cc(C(=O)NC)ccc1N. The minimum atomic E-state index is -0.0994. The molecular formula is C15H25N3O. The molecule has 2 unspecified atom stereocenters. The number of nitrogens with two attached hydrogens (primary N) is 1. The van der Waals surface area contributed by atoms with Crippen molar-refractivity contribution in [1.29, 1.82) is 0 Å². The largest absolute Gasteiger partial charge is 0.397 e. The predicted octanol–water partition coefficient (Wildman–Crippen LogP) is 2.87. The summed E-state index contributed by atoms with van der Waals surface area (Å²) < 4.78 is 0. The van der Waals surface area contributed by atoms with E-state index in [1.165, 1.54) is 6.42 Å². The molecule has 0 aromatic heterocycles. The summed E-state index contributed by atoms with van der Waals surface area (Å²) in [5, 5.41) is 6.00. The number of carbonyl (C=O) groups is 1. The van der Waals surface area contributed by atoms with Crippen molar-refractivity contribution in [3.05, 3.63) is 23.8 Å². The van der Waals surface area contributed by atoms with E-state index in [-0.39, 0.29) is 5.91 Å². The molecule has 0 spiro atoms. The topological polar surface area (TPSA) is 67.2 Å². The molecule has 1 aromatic carbocycles. The van der Waals surface area contributed by atoms with Gasteiger partial charge in [-0.15, -0.1) is 0 Å². The lowest BCUT2D eigenvalue weighted by atomic mass is 10.00. The third kappa shape index (κ3) is 4.47. The smallest absolute Gasteiger partial charge is 0.251 e. The maximum atomic E-state index is 11.6. The lowest BCUT2D eigenvalue weighted by Crippen LogP contribution is -2.21. The Kier molecular flexibility index (Phi) is 5.67. The van der Waals surface area contributed by atoms with Crippen LogP contribution in [0.15, 0.2) is 18.2 Å². The van der Waals surface area contributed by atoms with E-state index in [4.69, 9.17) is 5.73 Å². The lowest BCUT2D eigenvalue weighted by molar-refractivity contribution is 0.0963. The first-order valence-electron chi connectivity index (χ1n) is 6.86. The number of hydrogen-bond donors (Lipinski definition) is 3. The van der Waals surface area contributed by atoms with E-state index < -0.39 is 0 Å². The molecule has 0 bridgehead atoms. The van der Waals surface area contributed by atoms with Crippen LogP contribution in [0.1, 0.15) is 44.0 Å². The van der Waals surface area contributed by atoms with Crippen LogP contribution in [-0.4, -0.2) is 19.0 Å². The van der Waals surface area contributed by atoms with Crippen molar-refractivity contribution in [3.8, 4) is 0 Å². The first-order chi connectivity index (χ1) is 8.97. The fourth-order valence-electron chi connectivity index (χ4n) is 2.06. The Morgan fingerprint density at radius 3 is 2.63 bits per heavy atom. The zero-order valence-electron chi connectivity index (χ0n) is 12.3. The van der Waals surface area contributed by atoms with E-state index in [9.17, 15) is 4.79 Å². The summed E-state index contributed by atoms with van der Waals surface area (Å²) in [6.45, 7) is 6.57. The maximum Gasteiger partial charge on any atom is 0.251 e. The van der Waals surface area contributed by atoms with Crippen LogP contribution in [0.25, 0.3) is 0 Å². The number of nitrogens with one attached hydrogen (secondary N) is 2.